The lowest BCUT2D eigenvalue weighted by Gasteiger charge is -2.09. The van der Waals surface area contributed by atoms with E-state index < -0.39 is 42.4 Å². The number of urea groups is 1. The molecule has 15 heteroatoms. The first-order valence-corrected chi connectivity index (χ1v) is 7.22. The highest BCUT2D eigenvalue weighted by Crippen LogP contribution is 2.30. The number of nitrogens with one attached hydrogen (secondary N) is 3. The molecule has 1 rings (SSSR count). The quantitative estimate of drug-likeness (QED) is 0.280. The van der Waals surface area contributed by atoms with Crippen LogP contribution < -0.4 is 21.7 Å². The number of carbonyl (C=O) groups excluding carboxylic acids is 2. The van der Waals surface area contributed by atoms with Crippen LogP contribution in [-0.2, 0) is 15.8 Å². The van der Waals surface area contributed by atoms with Crippen LogP contribution in [0.25, 0.3) is 0 Å². The van der Waals surface area contributed by atoms with Gasteiger partial charge in [-0.2, -0.15) is 26.3 Å². The van der Waals surface area contributed by atoms with Gasteiger partial charge in [-0.15, -0.1) is 0 Å². The highest BCUT2D eigenvalue weighted by atomic mass is 19.4. The molecule has 3 amide bonds. The molecule has 0 fully saturated rings. The number of amides is 3. The van der Waals surface area contributed by atoms with E-state index in [0.29, 0.717) is 0 Å². The maximum Gasteiger partial charge on any atom is 0.490 e. The molecule has 9 nitrogen and oxygen atoms in total. The number of aliphatic carboxylic acids is 1. The van der Waals surface area contributed by atoms with Crippen molar-refractivity contribution in [3.05, 3.63) is 29.8 Å². The minimum Gasteiger partial charge on any atom is -0.475 e. The van der Waals surface area contributed by atoms with Gasteiger partial charge in [0.1, 0.15) is 6.54 Å². The summed E-state index contributed by atoms with van der Waals surface area (Å²) in [5.41, 5.74) is 4.42. The Morgan fingerprint density at radius 2 is 1.69 bits per heavy atom. The topological polar surface area (TPSA) is 146 Å². The first-order valence-electron chi connectivity index (χ1n) is 7.22. The van der Waals surface area contributed by atoms with Gasteiger partial charge in [-0.05, 0) is 18.2 Å². The molecule has 1 aromatic rings. The monoisotopic (exact) mass is 431 g/mol. The van der Waals surface area contributed by atoms with Crippen molar-refractivity contribution in [2.45, 2.75) is 12.4 Å². The Morgan fingerprint density at radius 3 is 2.14 bits per heavy atom. The van der Waals surface area contributed by atoms with Crippen molar-refractivity contribution in [3.8, 4) is 0 Å². The molecular weight excluding hydrogens is 416 g/mol. The van der Waals surface area contributed by atoms with E-state index in [4.69, 9.17) is 15.6 Å². The number of hydrogen-bond donors (Lipinski definition) is 5. The van der Waals surface area contributed by atoms with Gasteiger partial charge in [0.05, 0.1) is 5.56 Å². The summed E-state index contributed by atoms with van der Waals surface area (Å²) < 4.78 is 69.3. The molecule has 0 aliphatic heterocycles. The van der Waals surface area contributed by atoms with E-state index in [1.165, 1.54) is 19.2 Å². The van der Waals surface area contributed by atoms with E-state index in [9.17, 15) is 35.9 Å². The normalized spacial score (nSPS) is 11.6. The van der Waals surface area contributed by atoms with Crippen LogP contribution in [0.3, 0.4) is 0 Å². The molecule has 1 aromatic carbocycles. The molecule has 29 heavy (non-hydrogen) atoms. The van der Waals surface area contributed by atoms with Gasteiger partial charge in [-0.1, -0.05) is 6.07 Å². The van der Waals surface area contributed by atoms with Gasteiger partial charge in [0.2, 0.25) is 5.91 Å². The largest absolute Gasteiger partial charge is 0.490 e. The van der Waals surface area contributed by atoms with Gasteiger partial charge in [-0.25, -0.2) is 14.6 Å². The molecule has 0 aromatic heterocycles. The molecule has 0 atom stereocenters. The van der Waals surface area contributed by atoms with Gasteiger partial charge in [0.25, 0.3) is 0 Å². The molecule has 0 spiro atoms. The Hall–Kier alpha value is -3.52. The highest BCUT2D eigenvalue weighted by Gasteiger charge is 2.38. The molecule has 0 heterocycles. The lowest BCUT2D eigenvalue weighted by molar-refractivity contribution is -0.192. The number of nitrogens with two attached hydrogens (primary N) is 1. The summed E-state index contributed by atoms with van der Waals surface area (Å²) in [6.07, 6.45) is -9.58. The Kier molecular flexibility index (Phi) is 9.42. The molecule has 0 saturated heterocycles. The molecule has 162 valence electrons. The number of carbonyl (C=O) groups is 3. The van der Waals surface area contributed by atoms with Crippen molar-refractivity contribution in [1.82, 2.24) is 10.6 Å². The molecule has 0 radical (unpaired) electrons. The minimum absolute atomic E-state index is 0.0205. The predicted molar refractivity (Wildman–Crippen MR) is 87.8 cm³/mol. The number of nitrogens with zero attached hydrogens (tertiary/aromatic N) is 1. The van der Waals surface area contributed by atoms with E-state index in [1.807, 2.05) is 0 Å². The Bertz CT molecular complexity index is 764. The second-order valence-corrected chi connectivity index (χ2v) is 4.84. The molecule has 0 saturated carbocycles. The fourth-order valence-corrected chi connectivity index (χ4v) is 1.35. The minimum atomic E-state index is -5.08. The Balaban J connectivity index is 0.000000956. The van der Waals surface area contributed by atoms with Gasteiger partial charge in [0, 0.05) is 12.7 Å². The van der Waals surface area contributed by atoms with E-state index in [1.54, 1.807) is 0 Å². The van der Waals surface area contributed by atoms with Gasteiger partial charge in [0.15, 0.2) is 5.96 Å². The number of rotatable bonds is 3. The third kappa shape index (κ3) is 11.0. The number of benzene rings is 1. The number of aliphatic imine (C=N–C) groups is 1. The van der Waals surface area contributed by atoms with Crippen LogP contribution in [0, 0.1) is 0 Å². The van der Waals surface area contributed by atoms with E-state index in [-0.39, 0.29) is 11.6 Å². The Labute approximate surface area is 159 Å². The smallest absolute Gasteiger partial charge is 0.475 e. The third-order valence-electron chi connectivity index (χ3n) is 2.58. The van der Waals surface area contributed by atoms with Crippen LogP contribution in [0.5, 0.6) is 0 Å². The zero-order chi connectivity index (χ0) is 22.8. The summed E-state index contributed by atoms with van der Waals surface area (Å²) in [4.78, 5) is 34.9. The number of carboxylic acids is 1. The fraction of sp³-hybridized carbons (Fsp3) is 0.286. The number of hydrogen-bond acceptors (Lipinski definition) is 4. The van der Waals surface area contributed by atoms with Crippen molar-refractivity contribution in [3.63, 3.8) is 0 Å². The Morgan fingerprint density at radius 1 is 1.14 bits per heavy atom. The van der Waals surface area contributed by atoms with Crippen LogP contribution in [0.1, 0.15) is 5.56 Å². The second-order valence-electron chi connectivity index (χ2n) is 4.84. The van der Waals surface area contributed by atoms with Crippen molar-refractivity contribution in [2.24, 2.45) is 10.7 Å². The molecule has 0 bridgehead atoms. The van der Waals surface area contributed by atoms with E-state index in [2.05, 4.69) is 20.9 Å². The van der Waals surface area contributed by atoms with Crippen molar-refractivity contribution in [1.29, 1.82) is 0 Å². The number of anilines is 1. The number of alkyl halides is 6. The average molecular weight is 431 g/mol. The zero-order valence-electron chi connectivity index (χ0n) is 14.5. The van der Waals surface area contributed by atoms with Crippen molar-refractivity contribution in [2.75, 3.05) is 18.9 Å². The maximum atomic E-state index is 12.5. The fourth-order valence-electron chi connectivity index (χ4n) is 1.35. The zero-order valence-corrected chi connectivity index (χ0v) is 14.5. The van der Waals surface area contributed by atoms with E-state index in [0.717, 1.165) is 12.1 Å². The second kappa shape index (κ2) is 10.7. The summed E-state index contributed by atoms with van der Waals surface area (Å²) in [6.45, 7) is -0.452. The maximum absolute atomic E-state index is 12.5. The molecule has 0 aliphatic carbocycles. The lowest BCUT2D eigenvalue weighted by atomic mass is 10.2. The average Bonchev–Trinajstić information content (AvgIpc) is 2.59. The molecule has 6 N–H and O–H groups in total. The van der Waals surface area contributed by atoms with Crippen LogP contribution >= 0.6 is 0 Å². The van der Waals surface area contributed by atoms with Crippen LogP contribution in [0.4, 0.5) is 36.8 Å². The third-order valence-corrected chi connectivity index (χ3v) is 2.58. The van der Waals surface area contributed by atoms with Crippen LogP contribution in [0.15, 0.2) is 29.3 Å². The van der Waals surface area contributed by atoms with E-state index >= 15 is 0 Å². The van der Waals surface area contributed by atoms with Crippen molar-refractivity contribution >= 4 is 29.6 Å². The highest BCUT2D eigenvalue weighted by molar-refractivity contribution is 5.98. The van der Waals surface area contributed by atoms with Crippen LogP contribution in [0.2, 0.25) is 0 Å². The number of halogens is 6. The molecular formula is C14H15F6N5O4. The first kappa shape index (κ1) is 25.5. The molecule has 0 unspecified atom stereocenters. The van der Waals surface area contributed by atoms with Crippen LogP contribution in [-0.4, -0.2) is 48.7 Å². The summed E-state index contributed by atoms with van der Waals surface area (Å²) in [5, 5.41) is 13.7. The summed E-state index contributed by atoms with van der Waals surface area (Å²) in [7, 11) is 1.36. The van der Waals surface area contributed by atoms with Gasteiger partial charge >= 0.3 is 24.4 Å². The van der Waals surface area contributed by atoms with Gasteiger partial charge in [-0.3, -0.25) is 10.1 Å². The standard InChI is InChI=1S/C12H14F3N5O2.C2HF3O2/c1-17-11(22)20-10(16)18-6-9(21)19-8-4-2-3-7(5-8)12(13,14)15;3-2(4,5)1(6)7/h2-5H,6H2,1H3,(H,19,21)(H4,16,17,18,20,22);(H,6,7). The SMILES string of the molecule is CNC(=O)NC(N)=NCC(=O)Nc1cccc(C(F)(F)F)c1.O=C(O)C(F)(F)F. The summed E-state index contributed by atoms with van der Waals surface area (Å²) in [6, 6.07) is 3.55. The van der Waals surface area contributed by atoms with Crippen molar-refractivity contribution < 1.29 is 45.8 Å². The number of carboxylic acid groups (broad SMARTS) is 1. The predicted octanol–water partition coefficient (Wildman–Crippen LogP) is 1.52. The summed E-state index contributed by atoms with van der Waals surface area (Å²) >= 11 is 0. The molecule has 0 aliphatic rings. The van der Waals surface area contributed by atoms with Gasteiger partial charge < -0.3 is 21.5 Å². The lowest BCUT2D eigenvalue weighted by Crippen LogP contribution is -2.42. The first-order chi connectivity index (χ1) is 13.2. The summed E-state index contributed by atoms with van der Waals surface area (Å²) in [5.74, 6) is -3.73. The number of guanidine groups is 1.